The van der Waals surface area contributed by atoms with E-state index in [4.69, 9.17) is 5.73 Å². The van der Waals surface area contributed by atoms with Gasteiger partial charge in [-0.05, 0) is 43.0 Å². The summed E-state index contributed by atoms with van der Waals surface area (Å²) in [6, 6.07) is 5.65. The van der Waals surface area contributed by atoms with E-state index < -0.39 is 0 Å². The Morgan fingerprint density at radius 3 is 2.37 bits per heavy atom. The van der Waals surface area contributed by atoms with E-state index in [0.29, 0.717) is 23.6 Å². The molecule has 0 spiro atoms. The van der Waals surface area contributed by atoms with Crippen molar-refractivity contribution in [2.45, 2.75) is 93.4 Å². The molecule has 0 aromatic heterocycles. The summed E-state index contributed by atoms with van der Waals surface area (Å²) in [6.07, 6.45) is 11.1. The highest BCUT2D eigenvalue weighted by molar-refractivity contribution is 6.48. The predicted molar refractivity (Wildman–Crippen MR) is 134 cm³/mol. The van der Waals surface area contributed by atoms with Gasteiger partial charge in [-0.3, -0.25) is 4.99 Å². The van der Waals surface area contributed by atoms with E-state index in [0.717, 1.165) is 23.6 Å². The lowest BCUT2D eigenvalue weighted by molar-refractivity contribution is 0.473. The molecule has 4 nitrogen and oxygen atoms in total. The van der Waals surface area contributed by atoms with Crippen LogP contribution in [-0.2, 0) is 6.42 Å². The monoisotopic (exact) mass is 415 g/mol. The van der Waals surface area contributed by atoms with Crippen LogP contribution in [0.4, 0.5) is 0 Å². The van der Waals surface area contributed by atoms with Crippen LogP contribution < -0.4 is 5.73 Å². The third-order valence-electron chi connectivity index (χ3n) is 5.16. The molecule has 0 aliphatic carbocycles. The van der Waals surface area contributed by atoms with Crippen LogP contribution in [0, 0.1) is 5.92 Å². The zero-order chi connectivity index (χ0) is 22.9. The van der Waals surface area contributed by atoms with Gasteiger partial charge in [-0.1, -0.05) is 86.1 Å². The van der Waals surface area contributed by atoms with E-state index in [-0.39, 0.29) is 5.75 Å². The molecule has 1 heterocycles. The molecule has 0 bridgehead atoms. The Balaban J connectivity index is 0.000000600. The Morgan fingerprint density at radius 1 is 1.10 bits per heavy atom. The number of aryl methyl sites for hydroxylation is 1. The van der Waals surface area contributed by atoms with Gasteiger partial charge in [-0.25, -0.2) is 4.99 Å². The van der Waals surface area contributed by atoms with E-state index in [9.17, 15) is 5.11 Å². The number of aliphatic imine (C=N–C) groups is 2. The van der Waals surface area contributed by atoms with Gasteiger partial charge >= 0.3 is 0 Å². The first-order valence-electron chi connectivity index (χ1n) is 11.8. The van der Waals surface area contributed by atoms with Crippen LogP contribution in [0.25, 0.3) is 0 Å². The van der Waals surface area contributed by atoms with Crippen molar-refractivity contribution in [1.82, 2.24) is 0 Å². The molecule has 3 N–H and O–H groups in total. The smallest absolute Gasteiger partial charge is 0.125 e. The topological polar surface area (TPSA) is 71.0 Å². The van der Waals surface area contributed by atoms with Gasteiger partial charge in [0.2, 0.25) is 0 Å². The van der Waals surface area contributed by atoms with Crippen molar-refractivity contribution < 1.29 is 5.11 Å². The van der Waals surface area contributed by atoms with Gasteiger partial charge in [0.05, 0.1) is 18.0 Å². The van der Waals surface area contributed by atoms with Crippen LogP contribution in [0.2, 0.25) is 0 Å². The molecule has 1 atom stereocenters. The lowest BCUT2D eigenvalue weighted by Crippen LogP contribution is -2.13. The minimum absolute atomic E-state index is 0.239. The summed E-state index contributed by atoms with van der Waals surface area (Å²) in [4.78, 5) is 8.64. The Morgan fingerprint density at radius 2 is 1.80 bits per heavy atom. The summed E-state index contributed by atoms with van der Waals surface area (Å²) >= 11 is 0. The van der Waals surface area contributed by atoms with Gasteiger partial charge in [0.25, 0.3) is 0 Å². The summed E-state index contributed by atoms with van der Waals surface area (Å²) in [6.45, 7) is 15.3. The maximum Gasteiger partial charge on any atom is 0.125 e. The third kappa shape index (κ3) is 10.6. The second-order valence-corrected chi connectivity index (χ2v) is 7.58. The minimum atomic E-state index is 0.239. The Bertz CT molecular complexity index is 690. The van der Waals surface area contributed by atoms with Gasteiger partial charge in [0.15, 0.2) is 0 Å². The molecule has 1 aliphatic rings. The van der Waals surface area contributed by atoms with Gasteiger partial charge < -0.3 is 10.8 Å². The van der Waals surface area contributed by atoms with E-state index in [2.05, 4.69) is 37.7 Å². The quantitative estimate of drug-likeness (QED) is 0.447. The first kappa shape index (κ1) is 27.9. The van der Waals surface area contributed by atoms with Crippen molar-refractivity contribution in [3.8, 4) is 5.75 Å². The van der Waals surface area contributed by atoms with Gasteiger partial charge in [-0.2, -0.15) is 0 Å². The van der Waals surface area contributed by atoms with Crippen molar-refractivity contribution in [3.05, 3.63) is 41.2 Å². The van der Waals surface area contributed by atoms with Crippen LogP contribution in [0.3, 0.4) is 0 Å². The number of rotatable bonds is 8. The SMILES string of the molecule is CC.CCCCCC[C@H](C)CC.CCc1ccc(C2=NCC=C(N)N=C2C)c(O)c1. The Labute approximate surface area is 185 Å². The lowest BCUT2D eigenvalue weighted by atomic mass is 10.0. The molecule has 30 heavy (non-hydrogen) atoms. The van der Waals surface area contributed by atoms with Crippen LogP contribution >= 0.6 is 0 Å². The molecule has 0 fully saturated rings. The maximum absolute atomic E-state index is 10.1. The summed E-state index contributed by atoms with van der Waals surface area (Å²) < 4.78 is 0. The number of phenolic OH excluding ortho intramolecular Hbond substituents is 1. The minimum Gasteiger partial charge on any atom is -0.507 e. The zero-order valence-electron chi connectivity index (χ0n) is 20.5. The highest BCUT2D eigenvalue weighted by atomic mass is 16.3. The molecule has 0 saturated heterocycles. The van der Waals surface area contributed by atoms with Gasteiger partial charge in [-0.15, -0.1) is 0 Å². The predicted octanol–water partition coefficient (Wildman–Crippen LogP) is 7.05. The lowest BCUT2D eigenvalue weighted by Gasteiger charge is -2.09. The van der Waals surface area contributed by atoms with E-state index >= 15 is 0 Å². The average molecular weight is 416 g/mol. The molecule has 1 aromatic rings. The maximum atomic E-state index is 10.1. The first-order chi connectivity index (χ1) is 14.4. The number of unbranched alkanes of at least 4 members (excludes halogenated alkanes) is 3. The summed E-state index contributed by atoms with van der Waals surface area (Å²) in [7, 11) is 0. The number of hydrogen-bond acceptors (Lipinski definition) is 4. The molecule has 1 aromatic carbocycles. The van der Waals surface area contributed by atoms with Crippen molar-refractivity contribution in [2.24, 2.45) is 21.6 Å². The second kappa shape index (κ2) is 16.7. The van der Waals surface area contributed by atoms with E-state index in [1.807, 2.05) is 32.9 Å². The standard InChI is InChI=1S/C14H17N3O.C10H22.C2H6/c1-3-10-4-5-11(12(18)8-10)14-9(2)17-13(15)6-7-16-14;1-4-6-7-8-9-10(3)5-2;1-2/h4-6,8,18H,3,7,15H2,1-2H3;10H,4-9H2,1-3H3;1-2H3/t;10-;/m.1./s1. The third-order valence-corrected chi connectivity index (χ3v) is 5.16. The number of nitrogens with zero attached hydrogens (tertiary/aromatic N) is 2. The molecule has 2 rings (SSSR count). The summed E-state index contributed by atoms with van der Waals surface area (Å²) in [5.74, 6) is 1.66. The summed E-state index contributed by atoms with van der Waals surface area (Å²) in [5.41, 5.74) is 8.91. The normalized spacial score (nSPS) is 14.0. The van der Waals surface area contributed by atoms with Crippen LogP contribution in [0.5, 0.6) is 5.75 Å². The number of hydrogen-bond donors (Lipinski definition) is 2. The van der Waals surface area contributed by atoms with Crippen LogP contribution in [0.1, 0.15) is 98.1 Å². The molecule has 0 amide bonds. The van der Waals surface area contributed by atoms with Crippen molar-refractivity contribution in [3.63, 3.8) is 0 Å². The molecular formula is C26H45N3O. The Kier molecular flexibility index (Phi) is 15.5. The van der Waals surface area contributed by atoms with Gasteiger partial charge in [0.1, 0.15) is 11.6 Å². The van der Waals surface area contributed by atoms with Crippen LogP contribution in [-0.4, -0.2) is 23.1 Å². The number of nitrogens with two attached hydrogens (primary N) is 1. The van der Waals surface area contributed by atoms with Crippen molar-refractivity contribution in [1.29, 1.82) is 0 Å². The zero-order valence-corrected chi connectivity index (χ0v) is 20.5. The molecule has 1 aliphatic heterocycles. The van der Waals surface area contributed by atoms with Crippen molar-refractivity contribution in [2.75, 3.05) is 6.54 Å². The fourth-order valence-corrected chi connectivity index (χ4v) is 3.04. The molecule has 0 radical (unpaired) electrons. The number of phenols is 1. The largest absolute Gasteiger partial charge is 0.507 e. The molecular weight excluding hydrogens is 370 g/mol. The van der Waals surface area contributed by atoms with E-state index in [1.165, 1.54) is 38.5 Å². The Hall–Kier alpha value is -2.10. The van der Waals surface area contributed by atoms with Crippen molar-refractivity contribution >= 4 is 11.4 Å². The average Bonchev–Trinajstić information content (AvgIpc) is 2.92. The first-order valence-corrected chi connectivity index (χ1v) is 11.8. The van der Waals surface area contributed by atoms with Crippen LogP contribution in [0.15, 0.2) is 40.1 Å². The molecule has 170 valence electrons. The fourth-order valence-electron chi connectivity index (χ4n) is 3.04. The molecule has 0 unspecified atom stereocenters. The molecule has 4 heteroatoms. The highest BCUT2D eigenvalue weighted by Gasteiger charge is 2.14. The van der Waals surface area contributed by atoms with E-state index in [1.54, 1.807) is 12.1 Å². The molecule has 0 saturated carbocycles. The number of aromatic hydroxyl groups is 1. The fraction of sp³-hybridized carbons (Fsp3) is 0.615. The highest BCUT2D eigenvalue weighted by Crippen LogP contribution is 2.21. The second-order valence-electron chi connectivity index (χ2n) is 7.58. The number of benzene rings is 1. The summed E-state index contributed by atoms with van der Waals surface area (Å²) in [5, 5.41) is 10.1. The van der Waals surface area contributed by atoms with Gasteiger partial charge in [0, 0.05) is 5.56 Å².